The first-order valence-electron chi connectivity index (χ1n) is 9.99. The van der Waals surface area contributed by atoms with Crippen molar-refractivity contribution in [2.24, 2.45) is 7.05 Å². The van der Waals surface area contributed by atoms with Gasteiger partial charge in [0.05, 0.1) is 5.69 Å². The van der Waals surface area contributed by atoms with Crippen molar-refractivity contribution < 1.29 is 9.59 Å². The molecular formula is C21H27N5O2. The zero-order valence-electron chi connectivity index (χ0n) is 16.4. The predicted molar refractivity (Wildman–Crippen MR) is 106 cm³/mol. The smallest absolute Gasteiger partial charge is 0.245 e. The Labute approximate surface area is 165 Å². The molecule has 2 amide bonds. The van der Waals surface area contributed by atoms with Crippen molar-refractivity contribution in [3.8, 4) is 11.3 Å². The number of carbonyl (C=O) groups is 2. The van der Waals surface area contributed by atoms with Gasteiger partial charge < -0.3 is 15.5 Å². The van der Waals surface area contributed by atoms with E-state index in [1.165, 1.54) is 0 Å². The number of aromatic nitrogens is 2. The van der Waals surface area contributed by atoms with E-state index in [1.807, 2.05) is 43.0 Å². The lowest BCUT2D eigenvalue weighted by atomic mass is 10.0. The Balaban J connectivity index is 1.44. The van der Waals surface area contributed by atoms with E-state index in [9.17, 15) is 9.59 Å². The molecule has 2 N–H and O–H groups in total. The van der Waals surface area contributed by atoms with Crippen molar-refractivity contribution in [2.45, 2.75) is 50.9 Å². The van der Waals surface area contributed by atoms with Gasteiger partial charge in [-0.3, -0.25) is 14.3 Å². The lowest BCUT2D eigenvalue weighted by Crippen LogP contribution is -2.61. The van der Waals surface area contributed by atoms with Gasteiger partial charge in [-0.2, -0.15) is 5.10 Å². The Morgan fingerprint density at radius 2 is 2.04 bits per heavy atom. The molecule has 3 atom stereocenters. The number of amides is 2. The van der Waals surface area contributed by atoms with Gasteiger partial charge in [-0.05, 0) is 12.8 Å². The van der Waals surface area contributed by atoms with Crippen LogP contribution in [0.5, 0.6) is 0 Å². The lowest BCUT2D eigenvalue weighted by Gasteiger charge is -2.34. The molecule has 2 saturated heterocycles. The first kappa shape index (κ1) is 18.7. The average Bonchev–Trinajstić information content (AvgIpc) is 3.29. The summed E-state index contributed by atoms with van der Waals surface area (Å²) in [5.41, 5.74) is 3.15. The highest BCUT2D eigenvalue weighted by Crippen LogP contribution is 2.25. The Morgan fingerprint density at radius 3 is 2.79 bits per heavy atom. The van der Waals surface area contributed by atoms with E-state index in [0.717, 1.165) is 23.2 Å². The summed E-state index contributed by atoms with van der Waals surface area (Å²) >= 11 is 0. The van der Waals surface area contributed by atoms with Gasteiger partial charge >= 0.3 is 0 Å². The Hall–Kier alpha value is -2.67. The molecule has 2 aliphatic rings. The second-order valence-corrected chi connectivity index (χ2v) is 7.71. The van der Waals surface area contributed by atoms with Gasteiger partial charge in [0, 0.05) is 43.5 Å². The molecule has 0 bridgehead atoms. The maximum atomic E-state index is 12.7. The quantitative estimate of drug-likeness (QED) is 0.794. The van der Waals surface area contributed by atoms with Crippen LogP contribution in [0.4, 0.5) is 0 Å². The van der Waals surface area contributed by atoms with Crippen molar-refractivity contribution in [3.05, 3.63) is 42.1 Å². The van der Waals surface area contributed by atoms with E-state index < -0.39 is 0 Å². The van der Waals surface area contributed by atoms with Crippen LogP contribution in [-0.4, -0.2) is 51.2 Å². The zero-order chi connectivity index (χ0) is 19.7. The Kier molecular flexibility index (Phi) is 5.17. The summed E-state index contributed by atoms with van der Waals surface area (Å²) in [4.78, 5) is 26.9. The van der Waals surface area contributed by atoms with Crippen molar-refractivity contribution in [1.29, 1.82) is 0 Å². The zero-order valence-corrected chi connectivity index (χ0v) is 16.4. The first-order valence-corrected chi connectivity index (χ1v) is 9.99. The summed E-state index contributed by atoms with van der Waals surface area (Å²) in [7, 11) is 1.92. The maximum absolute atomic E-state index is 12.7. The fourth-order valence-electron chi connectivity index (χ4n) is 4.25. The number of carbonyl (C=O) groups excluding carboxylic acids is 2. The number of hydrogen-bond acceptors (Lipinski definition) is 4. The van der Waals surface area contributed by atoms with Crippen LogP contribution < -0.4 is 10.6 Å². The van der Waals surface area contributed by atoms with E-state index in [-0.39, 0.29) is 29.9 Å². The van der Waals surface area contributed by atoms with Crippen molar-refractivity contribution in [1.82, 2.24) is 25.3 Å². The minimum Gasteiger partial charge on any atom is -0.343 e. The van der Waals surface area contributed by atoms with Crippen LogP contribution in [0.2, 0.25) is 0 Å². The molecule has 0 unspecified atom stereocenters. The average molecular weight is 381 g/mol. The molecule has 1 aromatic heterocycles. The summed E-state index contributed by atoms with van der Waals surface area (Å²) in [5, 5.41) is 11.0. The minimum atomic E-state index is -0.365. The van der Waals surface area contributed by atoms with Gasteiger partial charge in [-0.15, -0.1) is 0 Å². The fraction of sp³-hybridized carbons (Fsp3) is 0.476. The molecule has 7 nitrogen and oxygen atoms in total. The van der Waals surface area contributed by atoms with Crippen molar-refractivity contribution in [2.75, 3.05) is 6.54 Å². The molecule has 28 heavy (non-hydrogen) atoms. The lowest BCUT2D eigenvalue weighted by molar-refractivity contribution is -0.147. The van der Waals surface area contributed by atoms with Crippen LogP contribution in [-0.2, 0) is 23.2 Å². The molecule has 2 fully saturated rings. The normalized spacial score (nSPS) is 24.4. The van der Waals surface area contributed by atoms with Crippen LogP contribution in [0.25, 0.3) is 11.3 Å². The number of fused-ring (bicyclic) bond motifs is 1. The number of hydrogen-bond donors (Lipinski definition) is 2. The van der Waals surface area contributed by atoms with Gasteiger partial charge in [-0.1, -0.05) is 43.7 Å². The molecule has 148 valence electrons. The number of nitrogens with one attached hydrogen (secondary N) is 2. The van der Waals surface area contributed by atoms with E-state index in [4.69, 9.17) is 0 Å². The molecule has 3 heterocycles. The van der Waals surface area contributed by atoms with Crippen molar-refractivity contribution in [3.63, 3.8) is 0 Å². The summed E-state index contributed by atoms with van der Waals surface area (Å²) in [6.45, 7) is 3.26. The monoisotopic (exact) mass is 381 g/mol. The van der Waals surface area contributed by atoms with Crippen LogP contribution in [0.3, 0.4) is 0 Å². The van der Waals surface area contributed by atoms with Gasteiger partial charge in [-0.25, -0.2) is 0 Å². The van der Waals surface area contributed by atoms with Gasteiger partial charge in [0.2, 0.25) is 11.8 Å². The fourth-order valence-corrected chi connectivity index (χ4v) is 4.25. The molecule has 2 aliphatic heterocycles. The van der Waals surface area contributed by atoms with E-state index in [2.05, 4.69) is 27.9 Å². The molecule has 1 aromatic carbocycles. The molecule has 4 rings (SSSR count). The highest BCUT2D eigenvalue weighted by Gasteiger charge is 2.45. The van der Waals surface area contributed by atoms with Crippen LogP contribution >= 0.6 is 0 Å². The summed E-state index contributed by atoms with van der Waals surface area (Å²) in [6, 6.07) is 9.50. The summed E-state index contributed by atoms with van der Waals surface area (Å²) in [6.07, 6.45) is 4.24. The molecule has 0 spiro atoms. The number of benzene rings is 1. The third kappa shape index (κ3) is 3.54. The third-order valence-electron chi connectivity index (χ3n) is 5.61. The first-order chi connectivity index (χ1) is 13.6. The predicted octanol–water partition coefficient (Wildman–Crippen LogP) is 1.44. The van der Waals surface area contributed by atoms with E-state index in [0.29, 0.717) is 25.9 Å². The van der Waals surface area contributed by atoms with Crippen LogP contribution in [0, 0.1) is 0 Å². The summed E-state index contributed by atoms with van der Waals surface area (Å²) in [5.74, 6) is 0.0378. The van der Waals surface area contributed by atoms with Crippen LogP contribution in [0.1, 0.15) is 31.7 Å². The number of rotatable bonds is 6. The second-order valence-electron chi connectivity index (χ2n) is 7.71. The number of aryl methyl sites for hydroxylation is 1. The van der Waals surface area contributed by atoms with Gasteiger partial charge in [0.25, 0.3) is 0 Å². The standard InChI is InChI=1S/C21H27N5O2/c1-3-7-17-21(28)26-13-16(10-18(26)20(27)23-17)22-11-15-12-25(2)24-19(15)14-8-5-4-6-9-14/h4-6,8-9,12,16-18,22H,3,7,10-11,13H2,1-2H3,(H,23,27)/t16-,17-,18-/m0/s1. The molecule has 7 heteroatoms. The van der Waals surface area contributed by atoms with E-state index in [1.54, 1.807) is 4.90 Å². The summed E-state index contributed by atoms with van der Waals surface area (Å²) < 4.78 is 1.82. The van der Waals surface area contributed by atoms with Gasteiger partial charge in [0.15, 0.2) is 0 Å². The molecule has 0 saturated carbocycles. The largest absolute Gasteiger partial charge is 0.343 e. The second kappa shape index (κ2) is 7.75. The maximum Gasteiger partial charge on any atom is 0.245 e. The topological polar surface area (TPSA) is 79.3 Å². The Morgan fingerprint density at radius 1 is 1.25 bits per heavy atom. The Bertz CT molecular complexity index is 863. The molecule has 0 aliphatic carbocycles. The van der Waals surface area contributed by atoms with Crippen molar-refractivity contribution >= 4 is 11.8 Å². The number of piperazine rings is 1. The minimum absolute atomic E-state index is 0.0197. The number of nitrogens with zero attached hydrogens (tertiary/aromatic N) is 3. The van der Waals surface area contributed by atoms with Gasteiger partial charge in [0.1, 0.15) is 12.1 Å². The molecule has 0 radical (unpaired) electrons. The van der Waals surface area contributed by atoms with Crippen LogP contribution in [0.15, 0.2) is 36.5 Å². The highest BCUT2D eigenvalue weighted by molar-refractivity contribution is 5.97. The molecule has 2 aromatic rings. The third-order valence-corrected chi connectivity index (χ3v) is 5.61. The van der Waals surface area contributed by atoms with E-state index >= 15 is 0 Å². The molecular weight excluding hydrogens is 354 g/mol. The highest BCUT2D eigenvalue weighted by atomic mass is 16.2. The SMILES string of the molecule is CCC[C@@H]1NC(=O)[C@@H]2C[C@H](NCc3cn(C)nc3-c3ccccc3)CN2C1=O.